The minimum atomic E-state index is -3.45. The Kier molecular flexibility index (Phi) is 4.03. The van der Waals surface area contributed by atoms with Crippen molar-refractivity contribution < 1.29 is 8.42 Å². The number of nitrogens with zero attached hydrogens (tertiary/aromatic N) is 1. The topological polar surface area (TPSA) is 63.4 Å². The minimum absolute atomic E-state index is 0.178. The molecule has 1 aliphatic carbocycles. The Hall–Kier alpha value is -0.980. The first-order valence-electron chi connectivity index (χ1n) is 7.42. The van der Waals surface area contributed by atoms with E-state index in [-0.39, 0.29) is 11.0 Å². The molecule has 1 aromatic carbocycles. The highest BCUT2D eigenvalue weighted by Gasteiger charge is 2.42. The zero-order valence-corrected chi connectivity index (χ0v) is 13.5. The minimum Gasteiger partial charge on any atom is -0.389 e. The third kappa shape index (κ3) is 2.72. The van der Waals surface area contributed by atoms with Crippen LogP contribution >= 0.6 is 12.2 Å². The highest BCUT2D eigenvalue weighted by atomic mass is 32.2. The van der Waals surface area contributed by atoms with Gasteiger partial charge in [-0.15, -0.1) is 0 Å². The summed E-state index contributed by atoms with van der Waals surface area (Å²) < 4.78 is 27.5. The van der Waals surface area contributed by atoms with Crippen LogP contribution in [0.3, 0.4) is 0 Å². The maximum absolute atomic E-state index is 12.9. The average molecular weight is 324 g/mol. The van der Waals surface area contributed by atoms with E-state index in [1.807, 2.05) is 0 Å². The van der Waals surface area contributed by atoms with Crippen molar-refractivity contribution in [2.24, 2.45) is 11.7 Å². The Balaban J connectivity index is 1.93. The van der Waals surface area contributed by atoms with Crippen LogP contribution in [0.1, 0.15) is 37.7 Å². The summed E-state index contributed by atoms with van der Waals surface area (Å²) in [6.45, 7) is 0.634. The van der Waals surface area contributed by atoms with Gasteiger partial charge in [-0.25, -0.2) is 8.42 Å². The number of nitrogens with two attached hydrogens (primary N) is 1. The number of sulfonamides is 1. The summed E-state index contributed by atoms with van der Waals surface area (Å²) in [5.41, 5.74) is 6.21. The Morgan fingerprint density at radius 2 is 2.00 bits per heavy atom. The van der Waals surface area contributed by atoms with Crippen LogP contribution in [0, 0.1) is 5.92 Å². The van der Waals surface area contributed by atoms with E-state index in [9.17, 15) is 8.42 Å². The second-order valence-electron chi connectivity index (χ2n) is 5.91. The zero-order valence-electron chi connectivity index (χ0n) is 11.9. The van der Waals surface area contributed by atoms with Gasteiger partial charge in [0.25, 0.3) is 0 Å². The molecule has 0 spiro atoms. The molecule has 1 heterocycles. The van der Waals surface area contributed by atoms with Gasteiger partial charge in [-0.2, -0.15) is 4.31 Å². The average Bonchev–Trinajstić information content (AvgIpc) is 2.92. The second kappa shape index (κ2) is 5.66. The van der Waals surface area contributed by atoms with E-state index in [1.54, 1.807) is 28.6 Å². The lowest BCUT2D eigenvalue weighted by Gasteiger charge is -2.31. The van der Waals surface area contributed by atoms with E-state index in [0.717, 1.165) is 25.7 Å². The molecule has 2 unspecified atom stereocenters. The van der Waals surface area contributed by atoms with Crippen LogP contribution in [-0.4, -0.2) is 30.3 Å². The van der Waals surface area contributed by atoms with E-state index < -0.39 is 10.0 Å². The molecule has 0 bridgehead atoms. The van der Waals surface area contributed by atoms with Crippen molar-refractivity contribution in [1.29, 1.82) is 0 Å². The molecule has 6 heteroatoms. The van der Waals surface area contributed by atoms with Crippen LogP contribution < -0.4 is 5.73 Å². The van der Waals surface area contributed by atoms with E-state index in [2.05, 4.69) is 0 Å². The number of hydrogen-bond acceptors (Lipinski definition) is 3. The summed E-state index contributed by atoms with van der Waals surface area (Å²) in [7, 11) is -3.45. The van der Waals surface area contributed by atoms with E-state index in [1.165, 1.54) is 6.42 Å². The van der Waals surface area contributed by atoms with Gasteiger partial charge in [-0.3, -0.25) is 0 Å². The fourth-order valence-electron chi connectivity index (χ4n) is 3.61. The summed E-state index contributed by atoms with van der Waals surface area (Å²) in [6, 6.07) is 6.85. The fraction of sp³-hybridized carbons (Fsp3) is 0.533. The fourth-order valence-corrected chi connectivity index (χ4v) is 5.51. The number of rotatable bonds is 3. The number of fused-ring (bicyclic) bond motifs is 1. The maximum atomic E-state index is 12.9. The van der Waals surface area contributed by atoms with Gasteiger partial charge in [0.15, 0.2) is 0 Å². The number of thiocarbonyl (C=S) groups is 1. The second-order valence-corrected chi connectivity index (χ2v) is 8.24. The molecule has 0 amide bonds. The molecule has 1 aliphatic heterocycles. The smallest absolute Gasteiger partial charge is 0.243 e. The van der Waals surface area contributed by atoms with Gasteiger partial charge in [-0.1, -0.05) is 37.2 Å². The van der Waals surface area contributed by atoms with E-state index >= 15 is 0 Å². The lowest BCUT2D eigenvalue weighted by Crippen LogP contribution is -2.39. The highest BCUT2D eigenvalue weighted by molar-refractivity contribution is 7.89. The predicted octanol–water partition coefficient (Wildman–Crippen LogP) is 2.27. The molecule has 0 radical (unpaired) electrons. The molecule has 1 saturated carbocycles. The van der Waals surface area contributed by atoms with Gasteiger partial charge >= 0.3 is 0 Å². The number of hydrogen-bond donors (Lipinski definition) is 1. The lowest BCUT2D eigenvalue weighted by atomic mass is 9.86. The molecule has 1 saturated heterocycles. The molecule has 3 rings (SSSR count). The monoisotopic (exact) mass is 324 g/mol. The molecule has 4 nitrogen and oxygen atoms in total. The molecule has 1 aromatic rings. The first-order valence-corrected chi connectivity index (χ1v) is 9.27. The summed E-state index contributed by atoms with van der Waals surface area (Å²) in [6.07, 6.45) is 5.48. The Morgan fingerprint density at radius 1 is 1.24 bits per heavy atom. The number of benzene rings is 1. The molecule has 2 aliphatic rings. The van der Waals surface area contributed by atoms with Crippen molar-refractivity contribution in [1.82, 2.24) is 4.31 Å². The maximum Gasteiger partial charge on any atom is 0.243 e. The van der Waals surface area contributed by atoms with Crippen molar-refractivity contribution in [3.63, 3.8) is 0 Å². The molecular weight excluding hydrogens is 304 g/mol. The molecular formula is C15H20N2O2S2. The molecule has 2 fully saturated rings. The van der Waals surface area contributed by atoms with Crippen molar-refractivity contribution in [3.05, 3.63) is 29.8 Å². The van der Waals surface area contributed by atoms with Crippen LogP contribution in [0.2, 0.25) is 0 Å². The normalized spacial score (nSPS) is 26.5. The molecule has 21 heavy (non-hydrogen) atoms. The van der Waals surface area contributed by atoms with Gasteiger partial charge in [0.2, 0.25) is 10.0 Å². The van der Waals surface area contributed by atoms with E-state index in [4.69, 9.17) is 18.0 Å². The van der Waals surface area contributed by atoms with Crippen LogP contribution in [-0.2, 0) is 10.0 Å². The summed E-state index contributed by atoms with van der Waals surface area (Å²) in [5, 5.41) is 0. The Bertz CT molecular complexity index is 657. The SMILES string of the molecule is NC(=S)c1cccc(S(=O)(=O)N2CCC3CCCCC32)c1. The third-order valence-electron chi connectivity index (χ3n) is 4.68. The third-order valence-corrected chi connectivity index (χ3v) is 6.84. The quantitative estimate of drug-likeness (QED) is 0.867. The van der Waals surface area contributed by atoms with Crippen LogP contribution in [0.5, 0.6) is 0 Å². The van der Waals surface area contributed by atoms with E-state index in [0.29, 0.717) is 22.9 Å². The van der Waals surface area contributed by atoms with Crippen LogP contribution in [0.4, 0.5) is 0 Å². The summed E-state index contributed by atoms with van der Waals surface area (Å²) >= 11 is 4.94. The molecule has 2 N–H and O–H groups in total. The lowest BCUT2D eigenvalue weighted by molar-refractivity contribution is 0.260. The van der Waals surface area contributed by atoms with Gasteiger partial charge < -0.3 is 5.73 Å². The molecule has 114 valence electrons. The van der Waals surface area contributed by atoms with Gasteiger partial charge in [0.05, 0.1) is 4.90 Å². The van der Waals surface area contributed by atoms with Crippen molar-refractivity contribution >= 4 is 27.2 Å². The van der Waals surface area contributed by atoms with Gasteiger partial charge in [0.1, 0.15) is 4.99 Å². The van der Waals surface area contributed by atoms with Crippen molar-refractivity contribution in [3.8, 4) is 0 Å². The van der Waals surface area contributed by atoms with Crippen LogP contribution in [0.15, 0.2) is 29.2 Å². The highest BCUT2D eigenvalue weighted by Crippen LogP contribution is 2.39. The van der Waals surface area contributed by atoms with Gasteiger partial charge in [0, 0.05) is 18.2 Å². The molecule has 0 aromatic heterocycles. The zero-order chi connectivity index (χ0) is 15.0. The largest absolute Gasteiger partial charge is 0.389 e. The standard InChI is InChI=1S/C15H20N2O2S2/c16-15(20)12-5-3-6-13(10-12)21(18,19)17-9-8-11-4-1-2-7-14(11)17/h3,5-6,10-11,14H,1-2,4,7-9H2,(H2,16,20). The summed E-state index contributed by atoms with van der Waals surface area (Å²) in [5.74, 6) is 0.535. The van der Waals surface area contributed by atoms with Crippen LogP contribution in [0.25, 0.3) is 0 Å². The first-order chi connectivity index (χ1) is 10.00. The van der Waals surface area contributed by atoms with Crippen molar-refractivity contribution in [2.75, 3.05) is 6.54 Å². The predicted molar refractivity (Wildman–Crippen MR) is 86.6 cm³/mol. The molecule has 2 atom stereocenters. The van der Waals surface area contributed by atoms with Gasteiger partial charge in [-0.05, 0) is 37.3 Å². The Labute approximate surface area is 131 Å². The van der Waals surface area contributed by atoms with Crippen molar-refractivity contribution in [2.45, 2.75) is 43.0 Å². The Morgan fingerprint density at radius 3 is 2.76 bits per heavy atom. The summed E-state index contributed by atoms with van der Waals surface area (Å²) in [4.78, 5) is 0.531. The first kappa shape index (κ1) is 14.9.